The van der Waals surface area contributed by atoms with E-state index in [1.165, 1.54) is 9.80 Å². The number of carbonyl (C=O) groups excluding carboxylic acids is 1. The summed E-state index contributed by atoms with van der Waals surface area (Å²) < 4.78 is 0. The van der Waals surface area contributed by atoms with Gasteiger partial charge in [-0.3, -0.25) is 24.2 Å². The molecule has 0 aliphatic rings. The molecule has 9 heteroatoms. The topological polar surface area (TPSA) is 148 Å². The lowest BCUT2D eigenvalue weighted by atomic mass is 10.2. The minimum absolute atomic E-state index is 0.106. The van der Waals surface area contributed by atoms with Crippen LogP contribution in [0.2, 0.25) is 0 Å². The molecule has 0 heterocycles. The first-order valence-electron chi connectivity index (χ1n) is 5.81. The standard InChI is InChI=1S/C11H18N4O5/c1-8(15(3-2-12)7-11(19)20)4-14(5-9(13)16)6-10(17)18/h8H,3-7H2,1H3,(H2,13,16)(H,17,18)(H,19,20)/t8-/m0/s1. The van der Waals surface area contributed by atoms with Crippen molar-refractivity contribution in [1.82, 2.24) is 9.80 Å². The van der Waals surface area contributed by atoms with E-state index >= 15 is 0 Å². The van der Waals surface area contributed by atoms with Crippen molar-refractivity contribution in [2.24, 2.45) is 5.73 Å². The number of carboxylic acids is 2. The van der Waals surface area contributed by atoms with E-state index in [1.807, 2.05) is 6.07 Å². The average Bonchev–Trinajstić information content (AvgIpc) is 2.25. The van der Waals surface area contributed by atoms with Gasteiger partial charge in [-0.1, -0.05) is 0 Å². The van der Waals surface area contributed by atoms with Crippen LogP contribution in [0.1, 0.15) is 6.92 Å². The first-order chi connectivity index (χ1) is 9.26. The highest BCUT2D eigenvalue weighted by molar-refractivity contribution is 5.77. The maximum Gasteiger partial charge on any atom is 0.317 e. The maximum atomic E-state index is 10.9. The molecule has 0 aliphatic heterocycles. The molecule has 0 saturated heterocycles. The number of primary amides is 1. The number of rotatable bonds is 10. The van der Waals surface area contributed by atoms with E-state index in [1.54, 1.807) is 6.92 Å². The Bertz CT molecular complexity index is 390. The van der Waals surface area contributed by atoms with Crippen molar-refractivity contribution in [3.63, 3.8) is 0 Å². The summed E-state index contributed by atoms with van der Waals surface area (Å²) in [7, 11) is 0. The van der Waals surface area contributed by atoms with Crippen LogP contribution in [0.15, 0.2) is 0 Å². The second kappa shape index (κ2) is 8.84. The van der Waals surface area contributed by atoms with E-state index in [-0.39, 0.29) is 32.7 Å². The first-order valence-corrected chi connectivity index (χ1v) is 5.81. The molecule has 0 unspecified atom stereocenters. The summed E-state index contributed by atoms with van der Waals surface area (Å²) in [4.78, 5) is 34.9. The van der Waals surface area contributed by atoms with Gasteiger partial charge in [0.05, 0.1) is 32.2 Å². The number of carbonyl (C=O) groups is 3. The van der Waals surface area contributed by atoms with Crippen molar-refractivity contribution in [2.45, 2.75) is 13.0 Å². The van der Waals surface area contributed by atoms with Crippen LogP contribution in [0, 0.1) is 11.3 Å². The van der Waals surface area contributed by atoms with E-state index in [4.69, 9.17) is 21.2 Å². The Hall–Kier alpha value is -2.18. The van der Waals surface area contributed by atoms with Crippen LogP contribution in [-0.4, -0.2) is 76.6 Å². The highest BCUT2D eigenvalue weighted by Crippen LogP contribution is 2.02. The smallest absolute Gasteiger partial charge is 0.317 e. The molecule has 112 valence electrons. The van der Waals surface area contributed by atoms with Gasteiger partial charge in [-0.25, -0.2) is 0 Å². The normalized spacial score (nSPS) is 12.1. The molecule has 0 saturated carbocycles. The van der Waals surface area contributed by atoms with Crippen LogP contribution in [0.4, 0.5) is 0 Å². The molecule has 0 radical (unpaired) electrons. The van der Waals surface area contributed by atoms with Gasteiger partial charge in [0, 0.05) is 12.6 Å². The quantitative estimate of drug-likeness (QED) is 0.397. The van der Waals surface area contributed by atoms with E-state index in [0.717, 1.165) is 0 Å². The number of hydrogen-bond donors (Lipinski definition) is 3. The van der Waals surface area contributed by atoms with Gasteiger partial charge in [0.15, 0.2) is 0 Å². The van der Waals surface area contributed by atoms with Crippen molar-refractivity contribution in [1.29, 1.82) is 5.26 Å². The molecule has 0 bridgehead atoms. The summed E-state index contributed by atoms with van der Waals surface area (Å²) in [5, 5.41) is 26.2. The molecule has 0 aromatic carbocycles. The predicted molar refractivity (Wildman–Crippen MR) is 67.6 cm³/mol. The molecular formula is C11H18N4O5. The van der Waals surface area contributed by atoms with Crippen molar-refractivity contribution in [3.8, 4) is 6.07 Å². The predicted octanol–water partition coefficient (Wildman–Crippen LogP) is -1.84. The van der Waals surface area contributed by atoms with Crippen molar-refractivity contribution in [2.75, 3.05) is 32.7 Å². The zero-order valence-electron chi connectivity index (χ0n) is 11.2. The SMILES string of the molecule is C[C@@H](CN(CC(N)=O)CC(=O)O)N(CC#N)CC(=O)O. The second-order valence-electron chi connectivity index (χ2n) is 4.34. The Kier molecular flexibility index (Phi) is 7.88. The molecule has 9 nitrogen and oxygen atoms in total. The summed E-state index contributed by atoms with van der Waals surface area (Å²) in [6, 6.07) is 1.43. The van der Waals surface area contributed by atoms with Crippen LogP contribution < -0.4 is 5.73 Å². The van der Waals surface area contributed by atoms with Gasteiger partial charge >= 0.3 is 11.9 Å². The molecule has 1 atom stereocenters. The summed E-state index contributed by atoms with van der Waals surface area (Å²) in [6.45, 7) is 0.683. The summed E-state index contributed by atoms with van der Waals surface area (Å²) in [5.74, 6) is -2.89. The zero-order chi connectivity index (χ0) is 15.7. The molecule has 20 heavy (non-hydrogen) atoms. The Labute approximate surface area is 116 Å². The fraction of sp³-hybridized carbons (Fsp3) is 0.636. The lowest BCUT2D eigenvalue weighted by Gasteiger charge is -2.29. The van der Waals surface area contributed by atoms with Crippen LogP contribution in [0.3, 0.4) is 0 Å². The molecule has 0 spiro atoms. The zero-order valence-corrected chi connectivity index (χ0v) is 11.2. The molecule has 0 rings (SSSR count). The van der Waals surface area contributed by atoms with Crippen LogP contribution in [0.5, 0.6) is 0 Å². The minimum atomic E-state index is -1.12. The highest BCUT2D eigenvalue weighted by Gasteiger charge is 2.21. The Morgan fingerprint density at radius 1 is 1.20 bits per heavy atom. The summed E-state index contributed by atoms with van der Waals surface area (Å²) in [6.07, 6.45) is 0. The number of amides is 1. The summed E-state index contributed by atoms with van der Waals surface area (Å²) in [5.41, 5.74) is 5.03. The van der Waals surface area contributed by atoms with Crippen molar-refractivity contribution >= 4 is 17.8 Å². The third-order valence-electron chi connectivity index (χ3n) is 2.50. The number of nitrogens with zero attached hydrogens (tertiary/aromatic N) is 3. The lowest BCUT2D eigenvalue weighted by Crippen LogP contribution is -2.47. The van der Waals surface area contributed by atoms with E-state index in [9.17, 15) is 14.4 Å². The Morgan fingerprint density at radius 2 is 1.75 bits per heavy atom. The maximum absolute atomic E-state index is 10.9. The number of nitrogens with two attached hydrogens (primary N) is 1. The Morgan fingerprint density at radius 3 is 2.15 bits per heavy atom. The van der Waals surface area contributed by atoms with E-state index in [2.05, 4.69) is 0 Å². The fourth-order valence-electron chi connectivity index (χ4n) is 1.72. The number of carboxylic acid groups (broad SMARTS) is 2. The van der Waals surface area contributed by atoms with Crippen LogP contribution >= 0.6 is 0 Å². The number of nitriles is 1. The van der Waals surface area contributed by atoms with Gasteiger partial charge in [-0.05, 0) is 6.92 Å². The molecule has 1 amide bonds. The molecular weight excluding hydrogens is 268 g/mol. The second-order valence-corrected chi connectivity index (χ2v) is 4.34. The Balaban J connectivity index is 4.70. The molecule has 0 aromatic heterocycles. The fourth-order valence-corrected chi connectivity index (χ4v) is 1.72. The average molecular weight is 286 g/mol. The summed E-state index contributed by atoms with van der Waals surface area (Å²) >= 11 is 0. The lowest BCUT2D eigenvalue weighted by molar-refractivity contribution is -0.141. The third kappa shape index (κ3) is 8.02. The van der Waals surface area contributed by atoms with Gasteiger partial charge in [0.2, 0.25) is 5.91 Å². The van der Waals surface area contributed by atoms with Crippen molar-refractivity contribution < 1.29 is 24.6 Å². The third-order valence-corrected chi connectivity index (χ3v) is 2.50. The van der Waals surface area contributed by atoms with Crippen LogP contribution in [0.25, 0.3) is 0 Å². The monoisotopic (exact) mass is 286 g/mol. The molecule has 0 fully saturated rings. The highest BCUT2D eigenvalue weighted by atomic mass is 16.4. The van der Waals surface area contributed by atoms with Crippen molar-refractivity contribution in [3.05, 3.63) is 0 Å². The molecule has 0 aromatic rings. The first kappa shape index (κ1) is 17.8. The number of hydrogen-bond acceptors (Lipinski definition) is 6. The van der Waals surface area contributed by atoms with Gasteiger partial charge in [-0.2, -0.15) is 5.26 Å². The van der Waals surface area contributed by atoms with Gasteiger partial charge in [0.25, 0.3) is 0 Å². The van der Waals surface area contributed by atoms with Crippen LogP contribution in [-0.2, 0) is 14.4 Å². The van der Waals surface area contributed by atoms with Gasteiger partial charge < -0.3 is 15.9 Å². The number of aliphatic carboxylic acids is 2. The minimum Gasteiger partial charge on any atom is -0.480 e. The van der Waals surface area contributed by atoms with Gasteiger partial charge in [-0.15, -0.1) is 0 Å². The largest absolute Gasteiger partial charge is 0.480 e. The molecule has 4 N–H and O–H groups in total. The molecule has 0 aliphatic carbocycles. The van der Waals surface area contributed by atoms with Gasteiger partial charge in [0.1, 0.15) is 0 Å². The van der Waals surface area contributed by atoms with E-state index < -0.39 is 23.9 Å². The van der Waals surface area contributed by atoms with E-state index in [0.29, 0.717) is 0 Å².